The van der Waals surface area contributed by atoms with Gasteiger partial charge in [-0.25, -0.2) is 9.13 Å². The molecule has 0 bridgehead atoms. The molecule has 0 saturated heterocycles. The summed E-state index contributed by atoms with van der Waals surface area (Å²) in [5, 5.41) is 10.7. The lowest BCUT2D eigenvalue weighted by atomic mass is 9.99. The number of hydrogen-bond donors (Lipinski definition) is 3. The summed E-state index contributed by atoms with van der Waals surface area (Å²) >= 11 is 0. The number of phosphoric acid groups is 2. The van der Waals surface area contributed by atoms with E-state index >= 15 is 0 Å². The molecule has 17 nitrogen and oxygen atoms in total. The summed E-state index contributed by atoms with van der Waals surface area (Å²) in [4.78, 5) is 73.4. The summed E-state index contributed by atoms with van der Waals surface area (Å²) < 4.78 is 69.1. The van der Waals surface area contributed by atoms with Crippen LogP contribution >= 0.6 is 15.6 Å². The highest BCUT2D eigenvalue weighted by atomic mass is 31.2. The van der Waals surface area contributed by atoms with E-state index in [1.165, 1.54) is 289 Å². The normalized spacial score (nSPS) is 14.6. The fraction of sp³-hybridized carbons (Fsp3) is 0.956. The summed E-state index contributed by atoms with van der Waals surface area (Å²) in [6.07, 6.45) is 72.0. The molecule has 0 radical (unpaired) electrons. The Kier molecular flexibility index (Phi) is 78.5. The van der Waals surface area contributed by atoms with Crippen LogP contribution in [0.4, 0.5) is 0 Å². The van der Waals surface area contributed by atoms with Crippen LogP contribution in [-0.4, -0.2) is 96.7 Å². The predicted molar refractivity (Wildman–Crippen MR) is 451 cm³/mol. The van der Waals surface area contributed by atoms with Crippen LogP contribution in [0.1, 0.15) is 479 Å². The first-order valence-electron chi connectivity index (χ1n) is 46.5. The Bertz CT molecular complexity index is 2100. The molecule has 3 N–H and O–H groups in total. The highest BCUT2D eigenvalue weighted by Gasteiger charge is 2.31. The lowest BCUT2D eigenvalue weighted by Gasteiger charge is -2.21. The monoisotopic (exact) mass is 1590 g/mol. The minimum atomic E-state index is -4.97. The molecule has 0 aromatic heterocycles. The van der Waals surface area contributed by atoms with Crippen molar-refractivity contribution in [2.24, 2.45) is 17.8 Å². The number of hydrogen-bond acceptors (Lipinski definition) is 15. The van der Waals surface area contributed by atoms with Gasteiger partial charge in [0.25, 0.3) is 0 Å². The van der Waals surface area contributed by atoms with Gasteiger partial charge in [0.1, 0.15) is 19.3 Å². The standard InChI is InChI=1S/C90H176O17P2/c1-8-12-13-14-15-16-17-18-19-22-26-33-38-43-52-59-66-74-90(95)107-86(78-101-88(93)72-65-58-51-46-45-49-56-63-70-83(7)11-4)80-105-109(98,99)103-76-84(91)75-102-108(96,97)104-79-85(77-100-87(92)71-64-57-50-42-37-32-29-28-31-36-41-48-55-62-69-82(6)10-3)106-89(94)73-67-60-53-44-39-34-27-24-21-20-23-25-30-35-40-47-54-61-68-81(5)9-2/h81-86,91H,8-80H2,1-7H3,(H,96,97)(H,98,99)/t81?,82?,83?,84-,85-,86-/m1/s1. The first kappa shape index (κ1) is 107. The zero-order valence-electron chi connectivity index (χ0n) is 72.0. The predicted octanol–water partition coefficient (Wildman–Crippen LogP) is 27.6. The van der Waals surface area contributed by atoms with Crippen molar-refractivity contribution >= 4 is 39.5 Å². The van der Waals surface area contributed by atoms with E-state index < -0.39 is 97.5 Å². The third-order valence-electron chi connectivity index (χ3n) is 22.2. The lowest BCUT2D eigenvalue weighted by Crippen LogP contribution is -2.30. The van der Waals surface area contributed by atoms with Crippen LogP contribution in [0.2, 0.25) is 0 Å². The molecule has 0 amide bonds. The molecule has 0 heterocycles. The van der Waals surface area contributed by atoms with Crippen LogP contribution in [0.25, 0.3) is 0 Å². The third kappa shape index (κ3) is 79.7. The van der Waals surface area contributed by atoms with E-state index in [9.17, 15) is 43.2 Å². The molecule has 0 rings (SSSR count). The van der Waals surface area contributed by atoms with Crippen molar-refractivity contribution in [2.45, 2.75) is 497 Å². The minimum Gasteiger partial charge on any atom is -0.462 e. The molecule has 5 unspecified atom stereocenters. The minimum absolute atomic E-state index is 0.108. The molecule has 0 saturated carbocycles. The van der Waals surface area contributed by atoms with Crippen LogP contribution < -0.4 is 0 Å². The number of phosphoric ester groups is 2. The van der Waals surface area contributed by atoms with Crippen molar-refractivity contribution in [2.75, 3.05) is 39.6 Å². The van der Waals surface area contributed by atoms with E-state index in [-0.39, 0.29) is 25.7 Å². The zero-order chi connectivity index (χ0) is 80.0. The Morgan fingerprint density at radius 2 is 0.440 bits per heavy atom. The molecular weight excluding hydrogens is 1410 g/mol. The molecule has 0 spiro atoms. The van der Waals surface area contributed by atoms with Crippen LogP contribution in [0.5, 0.6) is 0 Å². The van der Waals surface area contributed by atoms with Gasteiger partial charge in [-0.2, -0.15) is 0 Å². The van der Waals surface area contributed by atoms with Crippen LogP contribution in [0.3, 0.4) is 0 Å². The van der Waals surface area contributed by atoms with Gasteiger partial charge in [0.15, 0.2) is 12.2 Å². The Balaban J connectivity index is 5.26. The molecule has 0 aliphatic heterocycles. The summed E-state index contributed by atoms with van der Waals surface area (Å²) in [6.45, 7) is 12.1. The summed E-state index contributed by atoms with van der Waals surface area (Å²) in [6, 6.07) is 0. The number of aliphatic hydroxyl groups is 1. The van der Waals surface area contributed by atoms with E-state index in [2.05, 4.69) is 48.5 Å². The SMILES string of the molecule is CCCCCCCCCCCCCCCCCCCC(=O)O[C@H](COC(=O)CCCCCCCCCCC(C)CC)COP(=O)(O)OC[C@H](O)COP(=O)(O)OC[C@@H](COC(=O)CCCCCCCCCCCCCCCCC(C)CC)OC(=O)CCCCCCCCCCCCCCCCCCCCC(C)CC. The lowest BCUT2D eigenvalue weighted by molar-refractivity contribution is -0.161. The average Bonchev–Trinajstić information content (AvgIpc) is 0.901. The van der Waals surface area contributed by atoms with Crippen LogP contribution in [0, 0.1) is 17.8 Å². The quantitative estimate of drug-likeness (QED) is 0.0222. The van der Waals surface area contributed by atoms with Gasteiger partial charge in [0.05, 0.1) is 26.4 Å². The number of rotatable bonds is 88. The van der Waals surface area contributed by atoms with Gasteiger partial charge in [0, 0.05) is 25.7 Å². The number of unbranched alkanes of at least 4 members (excludes halogenated alkanes) is 53. The summed E-state index contributed by atoms with van der Waals surface area (Å²) in [7, 11) is -9.94. The van der Waals surface area contributed by atoms with E-state index in [0.29, 0.717) is 25.7 Å². The summed E-state index contributed by atoms with van der Waals surface area (Å²) in [5.41, 5.74) is 0. The molecule has 109 heavy (non-hydrogen) atoms. The number of ether oxygens (including phenoxy) is 4. The van der Waals surface area contributed by atoms with Gasteiger partial charge < -0.3 is 33.8 Å². The number of esters is 4. The van der Waals surface area contributed by atoms with Crippen molar-refractivity contribution < 1.29 is 80.2 Å². The molecule has 19 heteroatoms. The summed E-state index contributed by atoms with van der Waals surface area (Å²) in [5.74, 6) is 0.400. The van der Waals surface area contributed by atoms with Crippen molar-refractivity contribution in [1.82, 2.24) is 0 Å². The van der Waals surface area contributed by atoms with E-state index in [0.717, 1.165) is 108 Å². The fourth-order valence-corrected chi connectivity index (χ4v) is 15.6. The third-order valence-corrected chi connectivity index (χ3v) is 24.1. The smallest absolute Gasteiger partial charge is 0.462 e. The van der Waals surface area contributed by atoms with E-state index in [1.54, 1.807) is 0 Å². The number of aliphatic hydroxyl groups excluding tert-OH is 1. The molecule has 648 valence electrons. The first-order chi connectivity index (χ1) is 52.8. The van der Waals surface area contributed by atoms with Gasteiger partial charge in [-0.15, -0.1) is 0 Å². The van der Waals surface area contributed by atoms with Crippen molar-refractivity contribution in [1.29, 1.82) is 0 Å². The number of carbonyl (C=O) groups excluding carboxylic acids is 4. The second-order valence-corrected chi connectivity index (χ2v) is 36.0. The van der Waals surface area contributed by atoms with Crippen LogP contribution in [-0.2, 0) is 65.4 Å². The number of carbonyl (C=O) groups is 4. The van der Waals surface area contributed by atoms with Gasteiger partial charge in [-0.05, 0) is 43.4 Å². The van der Waals surface area contributed by atoms with Crippen molar-refractivity contribution in [3.8, 4) is 0 Å². The highest BCUT2D eigenvalue weighted by Crippen LogP contribution is 2.45. The molecule has 0 aromatic carbocycles. The second-order valence-electron chi connectivity index (χ2n) is 33.1. The van der Waals surface area contributed by atoms with E-state index in [4.69, 9.17) is 37.0 Å². The Morgan fingerprint density at radius 3 is 0.651 bits per heavy atom. The average molecular weight is 1590 g/mol. The van der Waals surface area contributed by atoms with Gasteiger partial charge in [-0.1, -0.05) is 427 Å². The Hall–Kier alpha value is -1.94. The molecule has 0 fully saturated rings. The fourth-order valence-electron chi connectivity index (χ4n) is 14.0. The molecule has 0 aliphatic carbocycles. The van der Waals surface area contributed by atoms with E-state index in [1.807, 2.05) is 0 Å². The first-order valence-corrected chi connectivity index (χ1v) is 49.5. The van der Waals surface area contributed by atoms with Gasteiger partial charge in [0.2, 0.25) is 0 Å². The van der Waals surface area contributed by atoms with Crippen LogP contribution in [0.15, 0.2) is 0 Å². The van der Waals surface area contributed by atoms with Crippen molar-refractivity contribution in [3.05, 3.63) is 0 Å². The van der Waals surface area contributed by atoms with Gasteiger partial charge in [-0.3, -0.25) is 37.3 Å². The largest absolute Gasteiger partial charge is 0.472 e. The topological polar surface area (TPSA) is 237 Å². The van der Waals surface area contributed by atoms with Gasteiger partial charge >= 0.3 is 39.5 Å². The molecule has 0 aliphatic rings. The Morgan fingerprint density at radius 1 is 0.257 bits per heavy atom. The zero-order valence-corrected chi connectivity index (χ0v) is 73.8. The maximum atomic E-state index is 13.2. The molecule has 8 atom stereocenters. The molecular formula is C90H176O17P2. The molecule has 0 aromatic rings. The highest BCUT2D eigenvalue weighted by molar-refractivity contribution is 7.47. The Labute approximate surface area is 670 Å². The van der Waals surface area contributed by atoms with Crippen molar-refractivity contribution in [3.63, 3.8) is 0 Å². The second kappa shape index (κ2) is 79.9. The maximum absolute atomic E-state index is 13.2. The maximum Gasteiger partial charge on any atom is 0.472 e.